The number of carbonyl (C=O) groups is 4. The summed E-state index contributed by atoms with van der Waals surface area (Å²) in [5.41, 5.74) is 0.677. The SMILES string of the molecule is COC1=C2C[C@@H](C)C[C@H](OC)[C@H](O)[C@@H](C)/C=C(\C)[C@H](OC(C)=O)[C@@H](OC)C(O)C/C=C(\C)C(=O)NC(=CC1=O)C2=O. The van der Waals surface area contributed by atoms with Gasteiger partial charge in [0, 0.05) is 44.3 Å². The number of fused-ring (bicyclic) bond motifs is 2. The van der Waals surface area contributed by atoms with Crippen LogP contribution in [0.2, 0.25) is 0 Å². The maximum Gasteiger partial charge on any atom is 0.303 e. The molecular weight excluding hydrogens is 534 g/mol. The smallest absolute Gasteiger partial charge is 0.303 e. The van der Waals surface area contributed by atoms with E-state index >= 15 is 0 Å². The minimum Gasteiger partial charge on any atom is -0.492 e. The van der Waals surface area contributed by atoms with E-state index in [0.29, 0.717) is 12.0 Å². The third-order valence-corrected chi connectivity index (χ3v) is 7.39. The van der Waals surface area contributed by atoms with Crippen LogP contribution in [0.4, 0.5) is 0 Å². The fourth-order valence-electron chi connectivity index (χ4n) is 5.15. The highest BCUT2D eigenvalue weighted by Gasteiger charge is 2.35. The van der Waals surface area contributed by atoms with Crippen LogP contribution in [0.1, 0.15) is 53.9 Å². The molecule has 11 nitrogen and oxygen atoms in total. The van der Waals surface area contributed by atoms with Gasteiger partial charge in [0.25, 0.3) is 5.91 Å². The normalized spacial score (nSPS) is 33.7. The molecule has 0 aromatic rings. The van der Waals surface area contributed by atoms with Crippen LogP contribution in [0, 0.1) is 11.8 Å². The number of rotatable bonds is 4. The van der Waals surface area contributed by atoms with E-state index in [2.05, 4.69) is 5.32 Å². The van der Waals surface area contributed by atoms with Crippen molar-refractivity contribution in [1.82, 2.24) is 5.32 Å². The second-order valence-corrected chi connectivity index (χ2v) is 10.7. The molecule has 0 aromatic carbocycles. The van der Waals surface area contributed by atoms with Crippen LogP contribution in [0.5, 0.6) is 0 Å². The molecule has 2 aliphatic rings. The quantitative estimate of drug-likeness (QED) is 0.257. The van der Waals surface area contributed by atoms with E-state index in [4.69, 9.17) is 18.9 Å². The van der Waals surface area contributed by atoms with Gasteiger partial charge in [0.2, 0.25) is 11.6 Å². The van der Waals surface area contributed by atoms with E-state index < -0.39 is 59.9 Å². The Balaban J connectivity index is 2.60. The van der Waals surface area contributed by atoms with Crippen molar-refractivity contribution < 1.29 is 48.3 Å². The Morgan fingerprint density at radius 1 is 1.05 bits per heavy atom. The van der Waals surface area contributed by atoms with Gasteiger partial charge >= 0.3 is 5.97 Å². The zero-order valence-electron chi connectivity index (χ0n) is 25.1. The molecule has 0 saturated carbocycles. The monoisotopic (exact) mass is 577 g/mol. The summed E-state index contributed by atoms with van der Waals surface area (Å²) < 4.78 is 21.9. The number of nitrogens with one attached hydrogen (secondary N) is 1. The van der Waals surface area contributed by atoms with E-state index in [1.807, 2.05) is 6.92 Å². The van der Waals surface area contributed by atoms with Gasteiger partial charge in [-0.2, -0.15) is 0 Å². The van der Waals surface area contributed by atoms with E-state index in [1.54, 1.807) is 19.9 Å². The lowest BCUT2D eigenvalue weighted by Crippen LogP contribution is -2.42. The molecule has 0 aromatic heterocycles. The topological polar surface area (TPSA) is 158 Å². The Bertz CT molecular complexity index is 1130. The van der Waals surface area contributed by atoms with E-state index in [0.717, 1.165) is 6.08 Å². The lowest BCUT2D eigenvalue weighted by molar-refractivity contribution is -0.155. The lowest BCUT2D eigenvalue weighted by atomic mass is 9.85. The lowest BCUT2D eigenvalue weighted by Gasteiger charge is -2.31. The highest BCUT2D eigenvalue weighted by Crippen LogP contribution is 2.30. The Hall–Kier alpha value is -3.12. The van der Waals surface area contributed by atoms with E-state index in [-0.39, 0.29) is 41.4 Å². The number of aliphatic hydroxyl groups excluding tert-OH is 2. The summed E-state index contributed by atoms with van der Waals surface area (Å²) in [5, 5.41) is 24.7. The Labute approximate surface area is 241 Å². The highest BCUT2D eigenvalue weighted by atomic mass is 16.6. The number of methoxy groups -OCH3 is 3. The van der Waals surface area contributed by atoms with Crippen LogP contribution < -0.4 is 5.32 Å². The van der Waals surface area contributed by atoms with E-state index in [9.17, 15) is 29.4 Å². The number of hydrogen-bond acceptors (Lipinski definition) is 10. The third-order valence-electron chi connectivity index (χ3n) is 7.39. The Morgan fingerprint density at radius 3 is 2.27 bits per heavy atom. The van der Waals surface area contributed by atoms with Crippen LogP contribution in [-0.2, 0) is 38.1 Å². The van der Waals surface area contributed by atoms with Crippen LogP contribution in [0.3, 0.4) is 0 Å². The maximum absolute atomic E-state index is 13.4. The molecule has 2 bridgehead atoms. The second kappa shape index (κ2) is 15.2. The molecule has 0 fully saturated rings. The van der Waals surface area contributed by atoms with Crippen molar-refractivity contribution in [2.24, 2.45) is 11.8 Å². The summed E-state index contributed by atoms with van der Waals surface area (Å²) in [6.45, 7) is 8.11. The predicted octanol–water partition coefficient (Wildman–Crippen LogP) is 2.07. The third kappa shape index (κ3) is 8.68. The molecule has 41 heavy (non-hydrogen) atoms. The van der Waals surface area contributed by atoms with Crippen molar-refractivity contribution >= 4 is 23.4 Å². The van der Waals surface area contributed by atoms with Gasteiger partial charge in [0.15, 0.2) is 11.9 Å². The maximum atomic E-state index is 13.4. The average molecular weight is 578 g/mol. The van der Waals surface area contributed by atoms with Gasteiger partial charge < -0.3 is 34.5 Å². The summed E-state index contributed by atoms with van der Waals surface area (Å²) in [6, 6.07) is 0. The van der Waals surface area contributed by atoms with Gasteiger partial charge in [-0.3, -0.25) is 19.2 Å². The van der Waals surface area contributed by atoms with Crippen LogP contribution in [0.25, 0.3) is 0 Å². The minimum absolute atomic E-state index is 0.0465. The zero-order chi connectivity index (χ0) is 31.0. The van der Waals surface area contributed by atoms with Gasteiger partial charge in [-0.1, -0.05) is 26.0 Å². The molecule has 2 rings (SSSR count). The molecule has 0 radical (unpaired) electrons. The van der Waals surface area contributed by atoms with Crippen LogP contribution >= 0.6 is 0 Å². The van der Waals surface area contributed by atoms with Gasteiger partial charge in [-0.05, 0) is 44.6 Å². The van der Waals surface area contributed by atoms with Crippen LogP contribution in [-0.4, -0.2) is 85.5 Å². The molecule has 1 aliphatic heterocycles. The summed E-state index contributed by atoms with van der Waals surface area (Å²) in [4.78, 5) is 51.0. The molecule has 1 aliphatic carbocycles. The first kappa shape index (κ1) is 34.1. The fourth-order valence-corrected chi connectivity index (χ4v) is 5.15. The number of carbonyl (C=O) groups excluding carboxylic acids is 4. The van der Waals surface area contributed by atoms with Crippen molar-refractivity contribution in [2.75, 3.05) is 21.3 Å². The molecule has 228 valence electrons. The van der Waals surface area contributed by atoms with Crippen molar-refractivity contribution in [2.45, 2.75) is 84.4 Å². The summed E-state index contributed by atoms with van der Waals surface area (Å²) in [5.74, 6) is -3.10. The number of allylic oxidation sites excluding steroid dienone is 2. The van der Waals surface area contributed by atoms with Gasteiger partial charge in [0.05, 0.1) is 31.1 Å². The van der Waals surface area contributed by atoms with Gasteiger partial charge in [-0.15, -0.1) is 0 Å². The molecule has 1 heterocycles. The Kier molecular flexibility index (Phi) is 12.6. The highest BCUT2D eigenvalue weighted by molar-refractivity contribution is 6.23. The number of esters is 1. The molecule has 3 N–H and O–H groups in total. The summed E-state index contributed by atoms with van der Waals surface area (Å²) in [6.07, 6.45) is -0.133. The molecule has 0 spiro atoms. The molecular formula is C30H43NO10. The van der Waals surface area contributed by atoms with Crippen molar-refractivity contribution in [3.8, 4) is 0 Å². The number of aliphatic hydroxyl groups is 2. The average Bonchev–Trinajstić information content (AvgIpc) is 2.91. The standard InChI is InChI=1S/C30H43NO10/c1-15-11-20-26(36)21(14-23(34)28(20)39-7)31-30(37)16(2)9-10-22(33)29(40-8)27(41-19(5)32)18(4)13-17(3)25(35)24(12-15)38-6/h9,13-15,17,22,24-25,27,29,33,35H,10-12H2,1-8H3,(H,31,37)/b16-9+,18-13+/t15-,17+,22?,24+,25-,27+,29+/m1/s1. The van der Waals surface area contributed by atoms with Crippen molar-refractivity contribution in [3.05, 3.63) is 46.4 Å². The fraction of sp³-hybridized carbons (Fsp3) is 0.600. The first-order chi connectivity index (χ1) is 19.2. The molecule has 7 atom stereocenters. The van der Waals surface area contributed by atoms with Gasteiger partial charge in [-0.25, -0.2) is 0 Å². The molecule has 0 saturated heterocycles. The predicted molar refractivity (Wildman–Crippen MR) is 149 cm³/mol. The van der Waals surface area contributed by atoms with Crippen molar-refractivity contribution in [1.29, 1.82) is 0 Å². The van der Waals surface area contributed by atoms with Crippen molar-refractivity contribution in [3.63, 3.8) is 0 Å². The summed E-state index contributed by atoms with van der Waals surface area (Å²) >= 11 is 0. The zero-order valence-corrected chi connectivity index (χ0v) is 25.1. The molecule has 1 unspecified atom stereocenters. The second-order valence-electron chi connectivity index (χ2n) is 10.7. The first-order valence-corrected chi connectivity index (χ1v) is 13.6. The largest absolute Gasteiger partial charge is 0.492 e. The number of ketones is 2. The number of Topliss-reactive ketones (excluding diaryl/α,β-unsaturated/α-hetero) is 1. The first-order valence-electron chi connectivity index (χ1n) is 13.6. The Morgan fingerprint density at radius 2 is 1.71 bits per heavy atom. The number of amides is 1. The summed E-state index contributed by atoms with van der Waals surface area (Å²) in [7, 11) is 4.14. The number of hydrogen-bond donors (Lipinski definition) is 3. The number of ether oxygens (including phenoxy) is 4. The molecule has 1 amide bonds. The molecule has 11 heteroatoms. The minimum atomic E-state index is -1.19. The van der Waals surface area contributed by atoms with Crippen LogP contribution in [0.15, 0.2) is 46.4 Å². The van der Waals surface area contributed by atoms with E-state index in [1.165, 1.54) is 41.3 Å². The van der Waals surface area contributed by atoms with Gasteiger partial charge in [0.1, 0.15) is 6.10 Å².